The van der Waals surface area contributed by atoms with Crippen molar-refractivity contribution in [1.82, 2.24) is 4.98 Å². The molecule has 0 atom stereocenters. The molecule has 23 heavy (non-hydrogen) atoms. The summed E-state index contributed by atoms with van der Waals surface area (Å²) in [5.41, 5.74) is 9.50. The summed E-state index contributed by atoms with van der Waals surface area (Å²) in [5.74, 6) is 1.40. The summed E-state index contributed by atoms with van der Waals surface area (Å²) >= 11 is 0. The largest absolute Gasteiger partial charge is 0.493 e. The number of halogens is 1. The molecule has 0 aliphatic carbocycles. The minimum atomic E-state index is 0. The van der Waals surface area contributed by atoms with Gasteiger partial charge >= 0.3 is 0 Å². The number of hydrogen-bond donors (Lipinski definition) is 1. The lowest BCUT2D eigenvalue weighted by Crippen LogP contribution is -1.96. The van der Waals surface area contributed by atoms with Crippen LogP contribution in [0, 0.1) is 6.92 Å². The van der Waals surface area contributed by atoms with E-state index < -0.39 is 0 Å². The molecule has 1 aromatic heterocycles. The van der Waals surface area contributed by atoms with E-state index in [4.69, 9.17) is 15.2 Å². The van der Waals surface area contributed by atoms with Crippen molar-refractivity contribution in [3.05, 3.63) is 48.2 Å². The maximum absolute atomic E-state index is 6.06. The first-order valence-corrected chi connectivity index (χ1v) is 7.02. The second-order valence-electron chi connectivity index (χ2n) is 5.11. The van der Waals surface area contributed by atoms with Gasteiger partial charge in [0.25, 0.3) is 0 Å². The molecule has 120 valence electrons. The zero-order valence-electron chi connectivity index (χ0n) is 13.3. The Labute approximate surface area is 141 Å². The molecule has 0 unspecified atom stereocenters. The zero-order chi connectivity index (χ0) is 15.7. The van der Waals surface area contributed by atoms with Gasteiger partial charge < -0.3 is 15.2 Å². The van der Waals surface area contributed by atoms with Crippen LogP contribution in [0.25, 0.3) is 22.0 Å². The number of anilines is 1. The Bertz CT molecular complexity index is 850. The molecule has 0 radical (unpaired) electrons. The highest BCUT2D eigenvalue weighted by Gasteiger charge is 2.11. The Morgan fingerprint density at radius 3 is 2.26 bits per heavy atom. The first-order chi connectivity index (χ1) is 10.6. The summed E-state index contributed by atoms with van der Waals surface area (Å²) in [6.07, 6.45) is 0. The molecule has 3 aromatic rings. The van der Waals surface area contributed by atoms with Crippen molar-refractivity contribution >= 4 is 28.9 Å². The maximum Gasteiger partial charge on any atom is 0.161 e. The normalized spacial score (nSPS) is 10.2. The Morgan fingerprint density at radius 1 is 0.957 bits per heavy atom. The van der Waals surface area contributed by atoms with Gasteiger partial charge in [-0.15, -0.1) is 12.4 Å². The lowest BCUT2D eigenvalue weighted by molar-refractivity contribution is 0.356. The summed E-state index contributed by atoms with van der Waals surface area (Å²) in [6.45, 7) is 1.98. The van der Waals surface area contributed by atoms with E-state index in [-0.39, 0.29) is 12.4 Å². The second-order valence-corrected chi connectivity index (χ2v) is 5.11. The fraction of sp³-hybridized carbons (Fsp3) is 0.167. The van der Waals surface area contributed by atoms with Crippen LogP contribution in [0.5, 0.6) is 11.5 Å². The number of rotatable bonds is 3. The van der Waals surface area contributed by atoms with Crippen molar-refractivity contribution in [2.45, 2.75) is 6.92 Å². The molecule has 1 heterocycles. The highest BCUT2D eigenvalue weighted by molar-refractivity contribution is 5.91. The molecule has 0 saturated carbocycles. The van der Waals surface area contributed by atoms with Gasteiger partial charge in [0.05, 0.1) is 19.9 Å². The molecule has 0 aliphatic rings. The van der Waals surface area contributed by atoms with Crippen molar-refractivity contribution in [3.8, 4) is 22.8 Å². The third-order valence-electron chi connectivity index (χ3n) is 3.76. The lowest BCUT2D eigenvalue weighted by atomic mass is 10.0. The van der Waals surface area contributed by atoms with E-state index in [1.165, 1.54) is 0 Å². The van der Waals surface area contributed by atoms with Crippen LogP contribution in [-0.4, -0.2) is 19.2 Å². The topological polar surface area (TPSA) is 57.4 Å². The summed E-state index contributed by atoms with van der Waals surface area (Å²) in [4.78, 5) is 4.69. The highest BCUT2D eigenvalue weighted by Crippen LogP contribution is 2.35. The van der Waals surface area contributed by atoms with Crippen LogP contribution in [0.1, 0.15) is 5.69 Å². The van der Waals surface area contributed by atoms with E-state index in [9.17, 15) is 0 Å². The summed E-state index contributed by atoms with van der Waals surface area (Å²) in [5, 5.41) is 2.08. The molecule has 0 bridgehead atoms. The number of nitrogens with two attached hydrogens (primary N) is 1. The van der Waals surface area contributed by atoms with E-state index in [2.05, 4.69) is 4.98 Å². The number of aryl methyl sites for hydroxylation is 1. The number of pyridine rings is 1. The van der Waals surface area contributed by atoms with Gasteiger partial charge in [0.1, 0.15) is 0 Å². The summed E-state index contributed by atoms with van der Waals surface area (Å²) in [6, 6.07) is 13.7. The molecule has 0 aliphatic heterocycles. The van der Waals surface area contributed by atoms with E-state index in [1.54, 1.807) is 14.2 Å². The molecule has 4 nitrogen and oxygen atoms in total. The van der Waals surface area contributed by atoms with Crippen LogP contribution in [0.3, 0.4) is 0 Å². The Hall–Kier alpha value is -2.46. The van der Waals surface area contributed by atoms with Crippen molar-refractivity contribution in [2.75, 3.05) is 20.0 Å². The van der Waals surface area contributed by atoms with E-state index in [1.807, 2.05) is 49.4 Å². The summed E-state index contributed by atoms with van der Waals surface area (Å²) in [7, 11) is 3.26. The van der Waals surface area contributed by atoms with Gasteiger partial charge in [-0.05, 0) is 36.6 Å². The van der Waals surface area contributed by atoms with Gasteiger partial charge in [-0.3, -0.25) is 4.98 Å². The fourth-order valence-corrected chi connectivity index (χ4v) is 2.62. The SMILES string of the molecule is COc1cc2cc(-c3ccccc3N)nc(C)c2cc1OC.Cl. The van der Waals surface area contributed by atoms with Gasteiger partial charge in [-0.25, -0.2) is 0 Å². The predicted molar refractivity (Wildman–Crippen MR) is 96.7 cm³/mol. The van der Waals surface area contributed by atoms with Crippen LogP contribution < -0.4 is 15.2 Å². The van der Waals surface area contributed by atoms with Gasteiger partial charge in [0.2, 0.25) is 0 Å². The minimum Gasteiger partial charge on any atom is -0.493 e. The molecule has 5 heteroatoms. The Balaban J connectivity index is 0.00000192. The van der Waals surface area contributed by atoms with E-state index in [0.717, 1.165) is 27.7 Å². The molecule has 0 saturated heterocycles. The number of hydrogen-bond acceptors (Lipinski definition) is 4. The third kappa shape index (κ3) is 3.03. The number of nitrogens with zero attached hydrogens (tertiary/aromatic N) is 1. The number of para-hydroxylation sites is 1. The molecular weight excluding hydrogens is 312 g/mol. The van der Waals surface area contributed by atoms with Crippen LogP contribution in [0.15, 0.2) is 42.5 Å². The van der Waals surface area contributed by atoms with Gasteiger partial charge in [0.15, 0.2) is 11.5 Å². The third-order valence-corrected chi connectivity index (χ3v) is 3.76. The van der Waals surface area contributed by atoms with Crippen LogP contribution in [0.2, 0.25) is 0 Å². The monoisotopic (exact) mass is 330 g/mol. The number of ether oxygens (including phenoxy) is 2. The number of benzene rings is 2. The van der Waals surface area contributed by atoms with Crippen molar-refractivity contribution in [3.63, 3.8) is 0 Å². The molecular formula is C18H19ClN2O2. The standard InChI is InChI=1S/C18H18N2O2.ClH/c1-11-14-10-18(22-3)17(21-2)9-12(14)8-16(20-11)13-6-4-5-7-15(13)19;/h4-10H,19H2,1-3H3;1H. The number of fused-ring (bicyclic) bond motifs is 1. The molecule has 3 rings (SSSR count). The van der Waals surface area contributed by atoms with Crippen molar-refractivity contribution < 1.29 is 9.47 Å². The fourth-order valence-electron chi connectivity index (χ4n) is 2.62. The predicted octanol–water partition coefficient (Wildman–Crippen LogP) is 4.23. The van der Waals surface area contributed by atoms with Crippen LogP contribution >= 0.6 is 12.4 Å². The molecule has 0 fully saturated rings. The lowest BCUT2D eigenvalue weighted by Gasteiger charge is -2.12. The summed E-state index contributed by atoms with van der Waals surface area (Å²) < 4.78 is 10.7. The van der Waals surface area contributed by atoms with Crippen LogP contribution in [-0.2, 0) is 0 Å². The average molecular weight is 331 g/mol. The first-order valence-electron chi connectivity index (χ1n) is 7.02. The van der Waals surface area contributed by atoms with Crippen molar-refractivity contribution in [2.24, 2.45) is 0 Å². The van der Waals surface area contributed by atoms with Gasteiger partial charge in [0, 0.05) is 22.3 Å². The number of aromatic nitrogens is 1. The van der Waals surface area contributed by atoms with Crippen molar-refractivity contribution in [1.29, 1.82) is 0 Å². The molecule has 2 aromatic carbocycles. The quantitative estimate of drug-likeness (QED) is 0.730. The maximum atomic E-state index is 6.06. The zero-order valence-corrected chi connectivity index (χ0v) is 14.1. The van der Waals surface area contributed by atoms with Gasteiger partial charge in [-0.2, -0.15) is 0 Å². The average Bonchev–Trinajstić information content (AvgIpc) is 2.54. The van der Waals surface area contributed by atoms with E-state index in [0.29, 0.717) is 17.2 Å². The smallest absolute Gasteiger partial charge is 0.161 e. The molecule has 0 spiro atoms. The first kappa shape index (κ1) is 16.9. The number of methoxy groups -OCH3 is 2. The Morgan fingerprint density at radius 2 is 1.61 bits per heavy atom. The molecule has 0 amide bonds. The highest BCUT2D eigenvalue weighted by atomic mass is 35.5. The molecule has 2 N–H and O–H groups in total. The van der Waals surface area contributed by atoms with E-state index >= 15 is 0 Å². The minimum absolute atomic E-state index is 0. The Kier molecular flexibility index (Phi) is 4.96. The van der Waals surface area contributed by atoms with Gasteiger partial charge in [-0.1, -0.05) is 18.2 Å². The number of nitrogen functional groups attached to an aromatic ring is 1. The second kappa shape index (κ2) is 6.75. The van der Waals surface area contributed by atoms with Crippen LogP contribution in [0.4, 0.5) is 5.69 Å².